The second kappa shape index (κ2) is 5.78. The number of ether oxygens (including phenoxy) is 1. The molecule has 4 nitrogen and oxygen atoms in total. The van der Waals surface area contributed by atoms with Gasteiger partial charge in [0.25, 0.3) is 0 Å². The van der Waals surface area contributed by atoms with Crippen molar-refractivity contribution in [2.75, 3.05) is 13.7 Å². The van der Waals surface area contributed by atoms with Gasteiger partial charge in [-0.25, -0.2) is 4.98 Å². The molecule has 14 heavy (non-hydrogen) atoms. The van der Waals surface area contributed by atoms with Crippen molar-refractivity contribution in [3.05, 3.63) is 18.2 Å². The molecular formula is C10H19N3O. The summed E-state index contributed by atoms with van der Waals surface area (Å²) in [5.41, 5.74) is 6.91. The van der Waals surface area contributed by atoms with Gasteiger partial charge in [-0.1, -0.05) is 6.92 Å². The molecule has 1 heterocycles. The molecule has 0 aliphatic carbocycles. The zero-order chi connectivity index (χ0) is 10.4. The molecule has 1 aromatic rings. The highest BCUT2D eigenvalue weighted by Gasteiger charge is 2.04. The molecule has 0 bridgehead atoms. The average molecular weight is 197 g/mol. The first kappa shape index (κ1) is 11.2. The van der Waals surface area contributed by atoms with Gasteiger partial charge in [0.1, 0.15) is 0 Å². The summed E-state index contributed by atoms with van der Waals surface area (Å²) in [6.45, 7) is 3.66. The van der Waals surface area contributed by atoms with Crippen molar-refractivity contribution in [1.29, 1.82) is 0 Å². The molecule has 0 radical (unpaired) electrons. The highest BCUT2D eigenvalue weighted by molar-refractivity contribution is 4.99. The second-order valence-electron chi connectivity index (χ2n) is 3.47. The van der Waals surface area contributed by atoms with Crippen LogP contribution < -0.4 is 5.73 Å². The Bertz CT molecular complexity index is 260. The van der Waals surface area contributed by atoms with Crippen molar-refractivity contribution in [3.63, 3.8) is 0 Å². The maximum atomic E-state index is 5.84. The van der Waals surface area contributed by atoms with E-state index in [1.54, 1.807) is 7.11 Å². The molecule has 0 saturated carbocycles. The fourth-order valence-electron chi connectivity index (χ4n) is 1.24. The molecular weight excluding hydrogens is 178 g/mol. The number of rotatable bonds is 6. The summed E-state index contributed by atoms with van der Waals surface area (Å²) in [5, 5.41) is 0. The van der Waals surface area contributed by atoms with Crippen LogP contribution in [0.5, 0.6) is 0 Å². The fourth-order valence-corrected chi connectivity index (χ4v) is 1.24. The lowest BCUT2D eigenvalue weighted by Crippen LogP contribution is -2.21. The lowest BCUT2D eigenvalue weighted by Gasteiger charge is -2.04. The van der Waals surface area contributed by atoms with E-state index in [0.717, 1.165) is 31.7 Å². The Kier molecular flexibility index (Phi) is 4.62. The zero-order valence-corrected chi connectivity index (χ0v) is 8.94. The van der Waals surface area contributed by atoms with E-state index in [-0.39, 0.29) is 6.04 Å². The maximum absolute atomic E-state index is 5.84. The average Bonchev–Trinajstić information content (AvgIpc) is 2.62. The predicted octanol–water partition coefficient (Wildman–Crippen LogP) is 0.809. The molecule has 1 rings (SSSR count). The molecule has 0 amide bonds. The van der Waals surface area contributed by atoms with Gasteiger partial charge in [0.2, 0.25) is 0 Å². The van der Waals surface area contributed by atoms with Gasteiger partial charge in [-0.2, -0.15) is 0 Å². The van der Waals surface area contributed by atoms with Crippen LogP contribution >= 0.6 is 0 Å². The normalized spacial score (nSPS) is 13.1. The molecule has 80 valence electrons. The first-order valence-electron chi connectivity index (χ1n) is 5.01. The summed E-state index contributed by atoms with van der Waals surface area (Å²) in [4.78, 5) is 4.28. The molecule has 0 saturated heterocycles. The Morgan fingerprint density at radius 3 is 3.07 bits per heavy atom. The molecule has 0 aromatic carbocycles. The van der Waals surface area contributed by atoms with Crippen molar-refractivity contribution in [2.45, 2.75) is 32.4 Å². The van der Waals surface area contributed by atoms with Crippen molar-refractivity contribution in [3.8, 4) is 0 Å². The quantitative estimate of drug-likeness (QED) is 0.734. The van der Waals surface area contributed by atoms with Gasteiger partial charge in [-0.05, 0) is 6.42 Å². The summed E-state index contributed by atoms with van der Waals surface area (Å²) in [6, 6.07) is 0.223. The number of aromatic nitrogens is 2. The van der Waals surface area contributed by atoms with Crippen molar-refractivity contribution in [1.82, 2.24) is 9.55 Å². The van der Waals surface area contributed by atoms with Crippen molar-refractivity contribution in [2.24, 2.45) is 5.73 Å². The molecule has 1 atom stereocenters. The van der Waals surface area contributed by atoms with Gasteiger partial charge >= 0.3 is 0 Å². The van der Waals surface area contributed by atoms with E-state index in [4.69, 9.17) is 10.5 Å². The minimum absolute atomic E-state index is 0.223. The van der Waals surface area contributed by atoms with Crippen LogP contribution in [0.4, 0.5) is 0 Å². The number of hydrogen-bond acceptors (Lipinski definition) is 3. The lowest BCUT2D eigenvalue weighted by atomic mass is 10.1. The number of methoxy groups -OCH3 is 1. The van der Waals surface area contributed by atoms with E-state index in [9.17, 15) is 0 Å². The molecule has 0 fully saturated rings. The third kappa shape index (κ3) is 3.47. The molecule has 0 aliphatic heterocycles. The van der Waals surface area contributed by atoms with Crippen LogP contribution in [0.2, 0.25) is 0 Å². The summed E-state index contributed by atoms with van der Waals surface area (Å²) < 4.78 is 7.01. The van der Waals surface area contributed by atoms with Crippen LogP contribution in [0.3, 0.4) is 0 Å². The molecule has 0 spiro atoms. The Balaban J connectivity index is 2.42. The van der Waals surface area contributed by atoms with Gasteiger partial charge in [0, 0.05) is 32.3 Å². The summed E-state index contributed by atoms with van der Waals surface area (Å²) in [7, 11) is 1.70. The lowest BCUT2D eigenvalue weighted by molar-refractivity contribution is 0.187. The first-order chi connectivity index (χ1) is 6.76. The first-order valence-corrected chi connectivity index (χ1v) is 5.01. The van der Waals surface area contributed by atoms with Crippen LogP contribution in [-0.2, 0) is 17.7 Å². The van der Waals surface area contributed by atoms with Gasteiger partial charge in [0.15, 0.2) is 0 Å². The standard InChI is InChI=1S/C10H19N3O/c1-3-9(11)6-10-7-13(8-12-10)4-5-14-2/h7-9H,3-6,11H2,1-2H3. The second-order valence-corrected chi connectivity index (χ2v) is 3.47. The Labute approximate surface area is 85.1 Å². The van der Waals surface area contributed by atoms with Crippen LogP contribution in [0.15, 0.2) is 12.5 Å². The Morgan fingerprint density at radius 1 is 1.64 bits per heavy atom. The van der Waals surface area contributed by atoms with E-state index >= 15 is 0 Å². The van der Waals surface area contributed by atoms with Gasteiger partial charge in [-0.3, -0.25) is 0 Å². The highest BCUT2D eigenvalue weighted by Crippen LogP contribution is 2.01. The number of nitrogens with zero attached hydrogens (tertiary/aromatic N) is 2. The molecule has 2 N–H and O–H groups in total. The van der Waals surface area contributed by atoms with E-state index in [0.29, 0.717) is 0 Å². The fraction of sp³-hybridized carbons (Fsp3) is 0.700. The number of imidazole rings is 1. The Morgan fingerprint density at radius 2 is 2.43 bits per heavy atom. The predicted molar refractivity (Wildman–Crippen MR) is 56.1 cm³/mol. The third-order valence-electron chi connectivity index (χ3n) is 2.24. The van der Waals surface area contributed by atoms with Crippen molar-refractivity contribution >= 4 is 0 Å². The van der Waals surface area contributed by atoms with Crippen LogP contribution in [0, 0.1) is 0 Å². The van der Waals surface area contributed by atoms with E-state index < -0.39 is 0 Å². The monoisotopic (exact) mass is 197 g/mol. The van der Waals surface area contributed by atoms with Crippen LogP contribution in [0.25, 0.3) is 0 Å². The van der Waals surface area contributed by atoms with Crippen molar-refractivity contribution < 1.29 is 4.74 Å². The molecule has 0 aliphatic rings. The Hall–Kier alpha value is -0.870. The molecule has 4 heteroatoms. The molecule has 1 aromatic heterocycles. The minimum Gasteiger partial charge on any atom is -0.383 e. The third-order valence-corrected chi connectivity index (χ3v) is 2.24. The van der Waals surface area contributed by atoms with Gasteiger partial charge in [-0.15, -0.1) is 0 Å². The van der Waals surface area contributed by atoms with Crippen LogP contribution in [0.1, 0.15) is 19.0 Å². The van der Waals surface area contributed by atoms with E-state index in [1.165, 1.54) is 0 Å². The highest BCUT2D eigenvalue weighted by atomic mass is 16.5. The maximum Gasteiger partial charge on any atom is 0.0950 e. The minimum atomic E-state index is 0.223. The number of nitrogens with two attached hydrogens (primary N) is 1. The van der Waals surface area contributed by atoms with E-state index in [1.807, 2.05) is 17.1 Å². The topological polar surface area (TPSA) is 53.1 Å². The summed E-state index contributed by atoms with van der Waals surface area (Å²) in [5.74, 6) is 0. The van der Waals surface area contributed by atoms with Gasteiger partial charge < -0.3 is 15.0 Å². The summed E-state index contributed by atoms with van der Waals surface area (Å²) in [6.07, 6.45) is 5.71. The van der Waals surface area contributed by atoms with E-state index in [2.05, 4.69) is 11.9 Å². The largest absolute Gasteiger partial charge is 0.383 e. The smallest absolute Gasteiger partial charge is 0.0950 e. The number of hydrogen-bond donors (Lipinski definition) is 1. The van der Waals surface area contributed by atoms with Gasteiger partial charge in [0.05, 0.1) is 18.6 Å². The molecule has 1 unspecified atom stereocenters. The summed E-state index contributed by atoms with van der Waals surface area (Å²) >= 11 is 0. The SMILES string of the molecule is CCC(N)Cc1cn(CCOC)cn1. The van der Waals surface area contributed by atoms with Crippen LogP contribution in [-0.4, -0.2) is 29.3 Å². The zero-order valence-electron chi connectivity index (χ0n) is 8.94.